The van der Waals surface area contributed by atoms with Crippen molar-refractivity contribution >= 4 is 44.6 Å². The number of ether oxygens (including phenoxy) is 1. The van der Waals surface area contributed by atoms with Gasteiger partial charge in [0.05, 0.1) is 22.7 Å². The topological polar surface area (TPSA) is 76.4 Å². The van der Waals surface area contributed by atoms with Gasteiger partial charge in [-0.15, -0.1) is 0 Å². The number of carbonyl (C=O) groups is 1. The van der Waals surface area contributed by atoms with Gasteiger partial charge in [0, 0.05) is 10.5 Å². The molecule has 0 atom stereocenters. The lowest BCUT2D eigenvalue weighted by Gasteiger charge is -2.20. The summed E-state index contributed by atoms with van der Waals surface area (Å²) in [6.45, 7) is 2.03. The highest BCUT2D eigenvalue weighted by atomic mass is 79.9. The fourth-order valence-corrected chi connectivity index (χ4v) is 2.48. The Balaban J connectivity index is 1.97. The summed E-state index contributed by atoms with van der Waals surface area (Å²) in [7, 11) is 0. The van der Waals surface area contributed by atoms with Crippen LogP contribution in [0.5, 0.6) is 5.75 Å². The van der Waals surface area contributed by atoms with Gasteiger partial charge >= 0.3 is 0 Å². The second-order valence-corrected chi connectivity index (χ2v) is 5.74. The molecule has 1 amide bonds. The molecule has 1 aliphatic rings. The molecular formula is C15H14BrN3O2. The normalized spacial score (nSPS) is 13.1. The molecule has 0 aliphatic carbocycles. The van der Waals surface area contributed by atoms with E-state index in [1.54, 1.807) is 12.1 Å². The van der Waals surface area contributed by atoms with Crippen molar-refractivity contribution < 1.29 is 9.53 Å². The molecule has 108 valence electrons. The number of anilines is 4. The van der Waals surface area contributed by atoms with Crippen molar-refractivity contribution in [2.45, 2.75) is 6.92 Å². The van der Waals surface area contributed by atoms with Gasteiger partial charge in [-0.2, -0.15) is 0 Å². The van der Waals surface area contributed by atoms with Crippen molar-refractivity contribution in [1.29, 1.82) is 0 Å². The maximum atomic E-state index is 11.4. The molecule has 6 heteroatoms. The third kappa shape index (κ3) is 2.80. The molecule has 3 rings (SSSR count). The van der Waals surface area contributed by atoms with Crippen molar-refractivity contribution in [3.05, 3.63) is 40.4 Å². The number of amides is 1. The van der Waals surface area contributed by atoms with Crippen LogP contribution in [0.25, 0.3) is 0 Å². The number of hydrogen-bond acceptors (Lipinski definition) is 4. The first kappa shape index (κ1) is 13.8. The third-order valence-electron chi connectivity index (χ3n) is 3.18. The van der Waals surface area contributed by atoms with Crippen LogP contribution in [0.1, 0.15) is 5.56 Å². The molecule has 21 heavy (non-hydrogen) atoms. The van der Waals surface area contributed by atoms with Gasteiger partial charge in [-0.05, 0) is 46.6 Å². The number of aryl methyl sites for hydroxylation is 1. The SMILES string of the molecule is Cc1ccc(Br)c(Nc2cc3c(cc2N)OCC(=O)N3)c1. The lowest BCUT2D eigenvalue weighted by molar-refractivity contribution is -0.118. The zero-order valence-corrected chi connectivity index (χ0v) is 13.0. The Morgan fingerprint density at radius 2 is 2.10 bits per heavy atom. The van der Waals surface area contributed by atoms with E-state index < -0.39 is 0 Å². The molecular weight excluding hydrogens is 334 g/mol. The zero-order chi connectivity index (χ0) is 15.0. The van der Waals surface area contributed by atoms with Gasteiger partial charge < -0.3 is 21.1 Å². The van der Waals surface area contributed by atoms with E-state index in [1.165, 1.54) is 0 Å². The summed E-state index contributed by atoms with van der Waals surface area (Å²) in [4.78, 5) is 11.4. The Hall–Kier alpha value is -2.21. The standard InChI is InChI=1S/C15H14BrN3O2/c1-8-2-3-9(16)11(4-8)18-12-6-13-14(5-10(12)17)21-7-15(20)19-13/h2-6,18H,7,17H2,1H3,(H,19,20). The van der Waals surface area contributed by atoms with Gasteiger partial charge in [0.25, 0.3) is 5.91 Å². The number of hydrogen-bond donors (Lipinski definition) is 3. The monoisotopic (exact) mass is 347 g/mol. The quantitative estimate of drug-likeness (QED) is 0.727. The highest BCUT2D eigenvalue weighted by Gasteiger charge is 2.18. The van der Waals surface area contributed by atoms with Crippen molar-refractivity contribution in [3.63, 3.8) is 0 Å². The van der Waals surface area contributed by atoms with E-state index in [1.807, 2.05) is 25.1 Å². The first-order valence-electron chi connectivity index (χ1n) is 6.42. The summed E-state index contributed by atoms with van der Waals surface area (Å²) >= 11 is 3.50. The molecule has 0 radical (unpaired) electrons. The Labute approximate surface area is 130 Å². The summed E-state index contributed by atoms with van der Waals surface area (Å²) in [5.74, 6) is 0.413. The molecule has 0 saturated carbocycles. The molecule has 1 heterocycles. The van der Waals surface area contributed by atoms with E-state index in [4.69, 9.17) is 10.5 Å². The number of fused-ring (bicyclic) bond motifs is 1. The second kappa shape index (κ2) is 5.29. The van der Waals surface area contributed by atoms with Gasteiger partial charge in [0.2, 0.25) is 0 Å². The lowest BCUT2D eigenvalue weighted by atomic mass is 10.1. The summed E-state index contributed by atoms with van der Waals surface area (Å²) in [6, 6.07) is 9.48. The summed E-state index contributed by atoms with van der Waals surface area (Å²) < 4.78 is 6.27. The lowest BCUT2D eigenvalue weighted by Crippen LogP contribution is -2.25. The third-order valence-corrected chi connectivity index (χ3v) is 3.87. The smallest absolute Gasteiger partial charge is 0.262 e. The largest absolute Gasteiger partial charge is 0.482 e. The molecule has 2 aromatic carbocycles. The number of halogens is 1. The maximum Gasteiger partial charge on any atom is 0.262 e. The van der Waals surface area contributed by atoms with Crippen LogP contribution in [-0.2, 0) is 4.79 Å². The highest BCUT2D eigenvalue weighted by Crippen LogP contribution is 2.37. The summed E-state index contributed by atoms with van der Waals surface area (Å²) in [5.41, 5.74) is 9.97. The zero-order valence-electron chi connectivity index (χ0n) is 11.4. The molecule has 0 unspecified atom stereocenters. The van der Waals surface area contributed by atoms with Crippen LogP contribution in [0.4, 0.5) is 22.7 Å². The van der Waals surface area contributed by atoms with E-state index in [0.717, 1.165) is 15.7 Å². The fourth-order valence-electron chi connectivity index (χ4n) is 2.13. The average molecular weight is 348 g/mol. The van der Waals surface area contributed by atoms with Crippen molar-refractivity contribution in [1.82, 2.24) is 0 Å². The van der Waals surface area contributed by atoms with Crippen molar-refractivity contribution in [3.8, 4) is 5.75 Å². The molecule has 0 saturated heterocycles. The average Bonchev–Trinajstić information content (AvgIpc) is 2.44. The van der Waals surface area contributed by atoms with Gasteiger partial charge in [0.15, 0.2) is 6.61 Å². The molecule has 5 nitrogen and oxygen atoms in total. The van der Waals surface area contributed by atoms with E-state index in [0.29, 0.717) is 22.8 Å². The number of benzene rings is 2. The number of carbonyl (C=O) groups excluding carboxylic acids is 1. The van der Waals surface area contributed by atoms with Gasteiger partial charge in [-0.1, -0.05) is 6.07 Å². The van der Waals surface area contributed by atoms with Crippen molar-refractivity contribution in [2.24, 2.45) is 0 Å². The molecule has 2 aromatic rings. The van der Waals surface area contributed by atoms with Crippen LogP contribution in [0, 0.1) is 6.92 Å². The molecule has 0 spiro atoms. The minimum absolute atomic E-state index is 0.0165. The van der Waals surface area contributed by atoms with Gasteiger partial charge in [-0.25, -0.2) is 0 Å². The van der Waals surface area contributed by atoms with Crippen LogP contribution in [0.15, 0.2) is 34.8 Å². The summed E-state index contributed by atoms with van der Waals surface area (Å²) in [5, 5.41) is 6.04. The highest BCUT2D eigenvalue weighted by molar-refractivity contribution is 9.10. The minimum Gasteiger partial charge on any atom is -0.482 e. The Kier molecular flexibility index (Phi) is 3.47. The first-order valence-corrected chi connectivity index (χ1v) is 7.21. The summed E-state index contributed by atoms with van der Waals surface area (Å²) in [6.07, 6.45) is 0. The predicted molar refractivity (Wildman–Crippen MR) is 87.1 cm³/mol. The van der Waals surface area contributed by atoms with Crippen LogP contribution in [-0.4, -0.2) is 12.5 Å². The molecule has 0 aromatic heterocycles. The molecule has 1 aliphatic heterocycles. The predicted octanol–water partition coefficient (Wildman–Crippen LogP) is 3.41. The van der Waals surface area contributed by atoms with E-state index in [9.17, 15) is 4.79 Å². The Morgan fingerprint density at radius 3 is 2.90 bits per heavy atom. The Morgan fingerprint density at radius 1 is 1.29 bits per heavy atom. The number of rotatable bonds is 2. The van der Waals surface area contributed by atoms with Gasteiger partial charge in [0.1, 0.15) is 5.75 Å². The van der Waals surface area contributed by atoms with Crippen molar-refractivity contribution in [2.75, 3.05) is 23.0 Å². The van der Waals surface area contributed by atoms with Crippen LogP contribution in [0.3, 0.4) is 0 Å². The van der Waals surface area contributed by atoms with E-state index in [-0.39, 0.29) is 12.5 Å². The minimum atomic E-state index is -0.171. The van der Waals surface area contributed by atoms with Crippen LogP contribution >= 0.6 is 15.9 Å². The molecule has 0 bridgehead atoms. The number of nitrogen functional groups attached to an aromatic ring is 1. The van der Waals surface area contributed by atoms with Crippen LogP contribution in [0.2, 0.25) is 0 Å². The van der Waals surface area contributed by atoms with E-state index in [2.05, 4.69) is 26.6 Å². The first-order chi connectivity index (χ1) is 10.0. The second-order valence-electron chi connectivity index (χ2n) is 4.88. The van der Waals surface area contributed by atoms with E-state index >= 15 is 0 Å². The van der Waals surface area contributed by atoms with Crippen LogP contribution < -0.4 is 21.1 Å². The van der Waals surface area contributed by atoms with Gasteiger partial charge in [-0.3, -0.25) is 4.79 Å². The molecule has 4 N–H and O–H groups in total. The maximum absolute atomic E-state index is 11.4. The fraction of sp³-hybridized carbons (Fsp3) is 0.133. The number of nitrogens with one attached hydrogen (secondary N) is 2. The molecule has 0 fully saturated rings. The Bertz CT molecular complexity index is 731. The number of nitrogens with two attached hydrogens (primary N) is 1.